The van der Waals surface area contributed by atoms with Crippen LogP contribution in [0.5, 0.6) is 0 Å². The van der Waals surface area contributed by atoms with Gasteiger partial charge in [0, 0.05) is 49.4 Å². The molecule has 1 aromatic carbocycles. The Morgan fingerprint density at radius 3 is 2.44 bits per heavy atom. The molecule has 2 aromatic heterocycles. The van der Waals surface area contributed by atoms with E-state index in [4.69, 9.17) is 57.1 Å². The normalized spacial score (nSPS) is 18.4. The van der Waals surface area contributed by atoms with E-state index in [-0.39, 0.29) is 61.0 Å². The van der Waals surface area contributed by atoms with E-state index in [9.17, 15) is 14.9 Å². The highest BCUT2D eigenvalue weighted by Gasteiger charge is 2.35. The fraction of sp³-hybridized carbons (Fsp3) is 0.323. The Bertz CT molecular complexity index is 1900. The maximum absolute atomic E-state index is 15.7. The summed E-state index contributed by atoms with van der Waals surface area (Å²) in [6.07, 6.45) is 4.79. The predicted octanol–water partition coefficient (Wildman–Crippen LogP) is 6.91. The van der Waals surface area contributed by atoms with Gasteiger partial charge in [-0.3, -0.25) is 19.1 Å². The molecule has 2 aliphatic rings. The molecule has 1 unspecified atom stereocenters. The minimum Gasteiger partial charge on any atom is -0.397 e. The zero-order valence-electron chi connectivity index (χ0n) is 24.5. The summed E-state index contributed by atoms with van der Waals surface area (Å²) in [6, 6.07) is 3.01. The number of benzene rings is 1. The third kappa shape index (κ3) is 5.46. The van der Waals surface area contributed by atoms with E-state index >= 15 is 4.39 Å². The topological polar surface area (TPSA) is 121 Å². The van der Waals surface area contributed by atoms with E-state index in [1.165, 1.54) is 16.7 Å². The average Bonchev–Trinajstić information content (AvgIpc) is 3.02. The molecule has 0 bridgehead atoms. The van der Waals surface area contributed by atoms with E-state index in [0.29, 0.717) is 43.0 Å². The number of hydrogen-bond donors (Lipinski definition) is 1. The van der Waals surface area contributed by atoms with Gasteiger partial charge in [-0.1, -0.05) is 79.8 Å². The lowest BCUT2D eigenvalue weighted by Crippen LogP contribution is -2.49. The van der Waals surface area contributed by atoms with Crippen molar-refractivity contribution in [3.8, 4) is 17.3 Å². The lowest BCUT2D eigenvalue weighted by molar-refractivity contribution is -0.126. The van der Waals surface area contributed by atoms with E-state index in [1.54, 1.807) is 11.1 Å². The second kappa shape index (κ2) is 12.6. The van der Waals surface area contributed by atoms with E-state index in [1.807, 2.05) is 31.7 Å². The summed E-state index contributed by atoms with van der Waals surface area (Å²) in [6.45, 7) is 10.7. The Labute approximate surface area is 278 Å². The molecule has 0 aliphatic carbocycles. The van der Waals surface area contributed by atoms with Crippen LogP contribution in [0.15, 0.2) is 40.8 Å². The number of carbonyl (C=O) groups is 1. The molecular weight excluding hydrogens is 663 g/mol. The van der Waals surface area contributed by atoms with Crippen molar-refractivity contribution in [3.05, 3.63) is 72.8 Å². The van der Waals surface area contributed by atoms with Crippen LogP contribution in [-0.2, 0) is 4.79 Å². The number of fused-ring (bicyclic) bond motifs is 1. The van der Waals surface area contributed by atoms with Crippen molar-refractivity contribution in [2.75, 3.05) is 36.8 Å². The van der Waals surface area contributed by atoms with Crippen molar-refractivity contribution in [3.63, 3.8) is 0 Å². The number of aliphatic imine (C=N–C) groups is 1. The highest BCUT2D eigenvalue weighted by atomic mass is 35.5. The number of nitrogens with zero attached hydrogens (tertiary/aromatic N) is 6. The Morgan fingerprint density at radius 2 is 1.84 bits per heavy atom. The Kier molecular flexibility index (Phi) is 9.20. The number of nitriles is 1. The molecule has 234 valence electrons. The van der Waals surface area contributed by atoms with Gasteiger partial charge >= 0.3 is 0 Å². The fourth-order valence-corrected chi connectivity index (χ4v) is 6.74. The molecule has 2 atom stereocenters. The zero-order valence-corrected chi connectivity index (χ0v) is 27.6. The van der Waals surface area contributed by atoms with Crippen LogP contribution >= 0.6 is 46.4 Å². The second-order valence-corrected chi connectivity index (χ2v) is 12.7. The number of allylic oxidation sites excluding steroid dienone is 1. The Hall–Kier alpha value is -3.62. The first-order valence-corrected chi connectivity index (χ1v) is 15.6. The molecule has 9 nitrogen and oxygen atoms in total. The number of hydrogen-bond acceptors (Lipinski definition) is 7. The van der Waals surface area contributed by atoms with Crippen LogP contribution in [-0.4, -0.2) is 52.2 Å². The lowest BCUT2D eigenvalue weighted by Gasteiger charge is -2.37. The minimum absolute atomic E-state index is 0.0345. The van der Waals surface area contributed by atoms with Gasteiger partial charge < -0.3 is 15.5 Å². The molecule has 0 saturated carbocycles. The molecular formula is C31H28Cl4FN7O2. The van der Waals surface area contributed by atoms with Crippen LogP contribution in [0.3, 0.4) is 0 Å². The summed E-state index contributed by atoms with van der Waals surface area (Å²) < 4.78 is 17.1. The highest BCUT2D eigenvalue weighted by Crippen LogP contribution is 2.46. The van der Waals surface area contributed by atoms with Crippen LogP contribution in [0.4, 0.5) is 15.8 Å². The third-order valence-corrected chi connectivity index (χ3v) is 9.73. The molecule has 3 aromatic rings. The smallest absolute Gasteiger partial charge is 0.272 e. The average molecular weight is 691 g/mol. The zero-order chi connectivity index (χ0) is 32.9. The van der Waals surface area contributed by atoms with Crippen molar-refractivity contribution < 1.29 is 9.18 Å². The van der Waals surface area contributed by atoms with Gasteiger partial charge in [-0.2, -0.15) is 5.26 Å². The maximum atomic E-state index is 15.7. The Balaban J connectivity index is 1.88. The molecule has 4 heterocycles. The van der Waals surface area contributed by atoms with Crippen molar-refractivity contribution in [1.29, 1.82) is 5.26 Å². The maximum Gasteiger partial charge on any atom is 0.272 e. The van der Waals surface area contributed by atoms with E-state index in [2.05, 4.69) is 17.6 Å². The molecule has 2 N–H and O–H groups in total. The van der Waals surface area contributed by atoms with Gasteiger partial charge in [-0.05, 0) is 18.1 Å². The number of rotatable bonds is 5. The number of nitrogens with two attached hydrogens (primary N) is 1. The number of aromatic nitrogens is 2. The molecule has 1 amide bonds. The van der Waals surface area contributed by atoms with Crippen LogP contribution in [0, 0.1) is 29.0 Å². The number of piperazine rings is 1. The third-order valence-electron chi connectivity index (χ3n) is 8.13. The molecule has 0 spiro atoms. The molecule has 5 rings (SSSR count). The molecule has 45 heavy (non-hydrogen) atoms. The van der Waals surface area contributed by atoms with Crippen LogP contribution in [0.2, 0.25) is 20.1 Å². The number of anilines is 2. The van der Waals surface area contributed by atoms with E-state index in [0.717, 1.165) is 0 Å². The number of carbonyl (C=O) groups excluding carboxylic acids is 1. The van der Waals surface area contributed by atoms with Crippen LogP contribution in [0.25, 0.3) is 22.3 Å². The first kappa shape index (κ1) is 32.8. The van der Waals surface area contributed by atoms with Crippen LogP contribution < -0.4 is 16.2 Å². The summed E-state index contributed by atoms with van der Waals surface area (Å²) in [5.74, 6) is -1.50. The van der Waals surface area contributed by atoms with Crippen LogP contribution in [0.1, 0.15) is 32.4 Å². The van der Waals surface area contributed by atoms with Gasteiger partial charge in [0.1, 0.15) is 17.3 Å². The van der Waals surface area contributed by atoms with Gasteiger partial charge in [0.2, 0.25) is 5.91 Å². The molecule has 14 heteroatoms. The summed E-state index contributed by atoms with van der Waals surface area (Å²) in [7, 11) is 0. The van der Waals surface area contributed by atoms with Crippen molar-refractivity contribution >= 4 is 80.4 Å². The molecule has 1 fully saturated rings. The molecule has 1 saturated heterocycles. The monoisotopic (exact) mass is 689 g/mol. The van der Waals surface area contributed by atoms with Gasteiger partial charge in [0.15, 0.2) is 5.82 Å². The summed E-state index contributed by atoms with van der Waals surface area (Å²) in [5, 5.41) is 9.85. The lowest BCUT2D eigenvalue weighted by atomic mass is 9.88. The first-order chi connectivity index (χ1) is 21.3. The van der Waals surface area contributed by atoms with Gasteiger partial charge in [0.25, 0.3) is 5.56 Å². The first-order valence-electron chi connectivity index (χ1n) is 14.0. The summed E-state index contributed by atoms with van der Waals surface area (Å²) >= 11 is 25.4. The molecule has 0 radical (unpaired) electrons. The van der Waals surface area contributed by atoms with Crippen molar-refractivity contribution in [1.82, 2.24) is 14.5 Å². The number of nitrogen functional groups attached to an aromatic ring is 1. The molecule has 2 aliphatic heterocycles. The number of halogens is 5. The SMILES string of the molecule is C=CC(=O)N1CCN(c2c(C#N)c(=O)n(C3C(C(C)C)=NC=C[C@H]3C)c3nc(-c4c(N)c(Cl)c(Cl)c(Cl)c4F)c(Cl)cc23)CC1. The van der Waals surface area contributed by atoms with Crippen molar-refractivity contribution in [2.45, 2.75) is 26.8 Å². The quantitative estimate of drug-likeness (QED) is 0.135. The highest BCUT2D eigenvalue weighted by molar-refractivity contribution is 6.49. The summed E-state index contributed by atoms with van der Waals surface area (Å²) in [4.78, 5) is 39.6. The second-order valence-electron chi connectivity index (χ2n) is 11.1. The summed E-state index contributed by atoms with van der Waals surface area (Å²) in [5.41, 5.74) is 6.00. The predicted molar refractivity (Wildman–Crippen MR) is 179 cm³/mol. The van der Waals surface area contributed by atoms with E-state index < -0.39 is 22.4 Å². The standard InChI is InChI=1S/C31H28Cl4FN7O2/c1-5-19(44)41-8-10-42(11-9-41)29-16-12-18(32)27(20-24(36)22(34)21(33)23(35)25(20)38)40-30(16)43(31(45)17(29)13-37)28-15(4)6-7-39-26(28)14(2)3/h5-7,12,14-15,28H,1,8-11,38H2,2-4H3/t15-,28?/m1/s1. The number of amides is 1. The van der Waals surface area contributed by atoms with Crippen molar-refractivity contribution in [2.24, 2.45) is 16.8 Å². The van der Waals surface area contributed by atoms with Gasteiger partial charge in [-0.15, -0.1) is 0 Å². The number of pyridine rings is 2. The largest absolute Gasteiger partial charge is 0.397 e. The van der Waals surface area contributed by atoms with Gasteiger partial charge in [-0.25, -0.2) is 9.37 Å². The fourth-order valence-electron chi connectivity index (χ4n) is 5.89. The Morgan fingerprint density at radius 1 is 1.18 bits per heavy atom. The minimum atomic E-state index is -0.985. The van der Waals surface area contributed by atoms with Gasteiger partial charge in [0.05, 0.1) is 48.8 Å².